The first kappa shape index (κ1) is 19.9. The summed E-state index contributed by atoms with van der Waals surface area (Å²) >= 11 is 0. The molecule has 0 spiro atoms. The Bertz CT molecular complexity index is 806. The Hall–Kier alpha value is -2.37. The number of rotatable bonds is 8. The Morgan fingerprint density at radius 2 is 1.97 bits per heavy atom. The van der Waals surface area contributed by atoms with Gasteiger partial charge in [0.05, 0.1) is 6.54 Å². The fourth-order valence-electron chi connectivity index (χ4n) is 4.24. The lowest BCUT2D eigenvalue weighted by atomic mass is 9.96. The van der Waals surface area contributed by atoms with Gasteiger partial charge in [0.15, 0.2) is 5.96 Å². The Balaban J connectivity index is 1.28. The lowest BCUT2D eigenvalue weighted by molar-refractivity contribution is 0.593. The standard InChI is InChI=1S/C23H34N6/c1-2-24-22(26-18-23(14-15-23)19-10-5-3-6-11-19)25-16-9-13-21-28-27-20-12-7-4-8-17-29(20)21/h3,5-6,10-11H,2,4,7-9,12-18H2,1H3,(H2,24,25,26). The molecule has 4 rings (SSSR count). The van der Waals surface area contributed by atoms with Gasteiger partial charge in [0, 0.05) is 37.9 Å². The minimum Gasteiger partial charge on any atom is -0.357 e. The van der Waals surface area contributed by atoms with Crippen molar-refractivity contribution in [3.05, 3.63) is 47.5 Å². The number of aliphatic imine (C=N–C) groups is 1. The summed E-state index contributed by atoms with van der Waals surface area (Å²) in [6.45, 7) is 5.82. The summed E-state index contributed by atoms with van der Waals surface area (Å²) in [5, 5.41) is 15.8. The van der Waals surface area contributed by atoms with Crippen LogP contribution >= 0.6 is 0 Å². The van der Waals surface area contributed by atoms with E-state index in [1.165, 1.54) is 43.5 Å². The summed E-state index contributed by atoms with van der Waals surface area (Å²) in [6.07, 6.45) is 9.34. The van der Waals surface area contributed by atoms with Crippen molar-refractivity contribution in [2.24, 2.45) is 4.99 Å². The van der Waals surface area contributed by atoms with Gasteiger partial charge in [-0.3, -0.25) is 4.99 Å². The number of nitrogens with zero attached hydrogens (tertiary/aromatic N) is 4. The average Bonchev–Trinajstić information content (AvgIpc) is 3.51. The van der Waals surface area contributed by atoms with Gasteiger partial charge < -0.3 is 15.2 Å². The number of hydrogen-bond acceptors (Lipinski definition) is 3. The Kier molecular flexibility index (Phi) is 6.47. The molecule has 1 aromatic heterocycles. The number of benzene rings is 1. The van der Waals surface area contributed by atoms with Crippen LogP contribution in [0.4, 0.5) is 0 Å². The molecule has 2 aliphatic rings. The van der Waals surface area contributed by atoms with Crippen LogP contribution in [-0.4, -0.2) is 40.4 Å². The van der Waals surface area contributed by atoms with Crippen molar-refractivity contribution in [3.63, 3.8) is 0 Å². The van der Waals surface area contributed by atoms with Crippen LogP contribution in [0.5, 0.6) is 0 Å². The SMILES string of the molecule is CCNC(=NCC1(c2ccccc2)CC1)NCCCc1nnc2n1CCCCC2. The Morgan fingerprint density at radius 3 is 2.76 bits per heavy atom. The zero-order valence-corrected chi connectivity index (χ0v) is 17.7. The predicted octanol–water partition coefficient (Wildman–Crippen LogP) is 3.22. The minimum absolute atomic E-state index is 0.253. The molecule has 0 bridgehead atoms. The zero-order chi connectivity index (χ0) is 19.9. The van der Waals surface area contributed by atoms with Crippen LogP contribution in [0.2, 0.25) is 0 Å². The highest BCUT2D eigenvalue weighted by Crippen LogP contribution is 2.48. The van der Waals surface area contributed by atoms with Crippen molar-refractivity contribution < 1.29 is 0 Å². The topological polar surface area (TPSA) is 67.1 Å². The molecule has 29 heavy (non-hydrogen) atoms. The fraction of sp³-hybridized carbons (Fsp3) is 0.609. The molecule has 1 saturated carbocycles. The summed E-state index contributed by atoms with van der Waals surface area (Å²) in [5.41, 5.74) is 1.68. The molecule has 0 atom stereocenters. The molecule has 0 radical (unpaired) electrons. The third kappa shape index (κ3) is 4.98. The van der Waals surface area contributed by atoms with E-state index in [1.54, 1.807) is 0 Å². The zero-order valence-electron chi connectivity index (χ0n) is 17.7. The van der Waals surface area contributed by atoms with E-state index in [0.29, 0.717) is 0 Å². The van der Waals surface area contributed by atoms with Gasteiger partial charge in [-0.15, -0.1) is 10.2 Å². The number of hydrogen-bond donors (Lipinski definition) is 2. The molecule has 0 unspecified atom stereocenters. The largest absolute Gasteiger partial charge is 0.357 e. The fourth-order valence-corrected chi connectivity index (χ4v) is 4.24. The lowest BCUT2D eigenvalue weighted by Gasteiger charge is -2.16. The molecule has 0 amide bonds. The quantitative estimate of drug-likeness (QED) is 0.410. The van der Waals surface area contributed by atoms with Crippen molar-refractivity contribution in [3.8, 4) is 0 Å². The second kappa shape index (κ2) is 9.42. The Morgan fingerprint density at radius 1 is 1.10 bits per heavy atom. The van der Waals surface area contributed by atoms with E-state index in [1.807, 2.05) is 0 Å². The number of aryl methyl sites for hydroxylation is 2. The summed E-state index contributed by atoms with van der Waals surface area (Å²) in [5.74, 6) is 3.25. The van der Waals surface area contributed by atoms with E-state index in [4.69, 9.17) is 4.99 Å². The molecule has 2 heterocycles. The molecule has 1 aliphatic heterocycles. The molecule has 156 valence electrons. The first-order chi connectivity index (χ1) is 14.3. The predicted molar refractivity (Wildman–Crippen MR) is 117 cm³/mol. The first-order valence-corrected chi connectivity index (χ1v) is 11.3. The van der Waals surface area contributed by atoms with Crippen LogP contribution in [-0.2, 0) is 24.8 Å². The van der Waals surface area contributed by atoms with Crippen LogP contribution in [0.25, 0.3) is 0 Å². The second-order valence-corrected chi connectivity index (χ2v) is 8.37. The second-order valence-electron chi connectivity index (χ2n) is 8.37. The van der Waals surface area contributed by atoms with Gasteiger partial charge in [0.1, 0.15) is 11.6 Å². The number of aromatic nitrogens is 3. The van der Waals surface area contributed by atoms with Gasteiger partial charge >= 0.3 is 0 Å². The molecule has 2 aromatic rings. The minimum atomic E-state index is 0.253. The Labute approximate surface area is 174 Å². The normalized spacial score (nSPS) is 18.0. The molecule has 0 saturated heterocycles. The van der Waals surface area contributed by atoms with Crippen LogP contribution in [0, 0.1) is 0 Å². The van der Waals surface area contributed by atoms with Crippen molar-refractivity contribution in [1.29, 1.82) is 0 Å². The first-order valence-electron chi connectivity index (χ1n) is 11.3. The van der Waals surface area contributed by atoms with E-state index in [0.717, 1.165) is 57.2 Å². The van der Waals surface area contributed by atoms with Crippen molar-refractivity contribution in [2.45, 2.75) is 70.3 Å². The van der Waals surface area contributed by atoms with Gasteiger partial charge in [0.2, 0.25) is 0 Å². The van der Waals surface area contributed by atoms with Crippen molar-refractivity contribution in [1.82, 2.24) is 25.4 Å². The molecule has 6 heteroatoms. The number of guanidine groups is 1. The van der Waals surface area contributed by atoms with Gasteiger partial charge in [-0.1, -0.05) is 36.8 Å². The number of nitrogens with one attached hydrogen (secondary N) is 2. The van der Waals surface area contributed by atoms with Crippen LogP contribution < -0.4 is 10.6 Å². The maximum Gasteiger partial charge on any atom is 0.191 e. The van der Waals surface area contributed by atoms with Crippen LogP contribution in [0.3, 0.4) is 0 Å². The highest BCUT2D eigenvalue weighted by atomic mass is 15.3. The van der Waals surface area contributed by atoms with E-state index in [-0.39, 0.29) is 5.41 Å². The smallest absolute Gasteiger partial charge is 0.191 e. The van der Waals surface area contributed by atoms with Gasteiger partial charge in [0.25, 0.3) is 0 Å². The summed E-state index contributed by atoms with van der Waals surface area (Å²) < 4.78 is 2.35. The molecular formula is C23H34N6. The highest BCUT2D eigenvalue weighted by molar-refractivity contribution is 5.79. The lowest BCUT2D eigenvalue weighted by Crippen LogP contribution is -2.38. The van der Waals surface area contributed by atoms with E-state index in [9.17, 15) is 0 Å². The van der Waals surface area contributed by atoms with Crippen molar-refractivity contribution in [2.75, 3.05) is 19.6 Å². The third-order valence-electron chi connectivity index (χ3n) is 6.18. The van der Waals surface area contributed by atoms with Crippen LogP contribution in [0.15, 0.2) is 35.3 Å². The molecule has 1 aliphatic carbocycles. The van der Waals surface area contributed by atoms with Crippen LogP contribution in [0.1, 0.15) is 62.7 Å². The third-order valence-corrected chi connectivity index (χ3v) is 6.18. The summed E-state index contributed by atoms with van der Waals surface area (Å²) in [7, 11) is 0. The molecule has 2 N–H and O–H groups in total. The van der Waals surface area contributed by atoms with Gasteiger partial charge in [-0.25, -0.2) is 0 Å². The summed E-state index contributed by atoms with van der Waals surface area (Å²) in [6, 6.07) is 10.8. The van der Waals surface area contributed by atoms with Gasteiger partial charge in [-0.2, -0.15) is 0 Å². The average molecular weight is 395 g/mol. The van der Waals surface area contributed by atoms with E-state index in [2.05, 4.69) is 62.7 Å². The van der Waals surface area contributed by atoms with E-state index >= 15 is 0 Å². The number of fused-ring (bicyclic) bond motifs is 1. The van der Waals surface area contributed by atoms with Crippen molar-refractivity contribution >= 4 is 5.96 Å². The molecule has 1 fully saturated rings. The maximum absolute atomic E-state index is 4.90. The molecular weight excluding hydrogens is 360 g/mol. The monoisotopic (exact) mass is 394 g/mol. The molecule has 1 aromatic carbocycles. The van der Waals surface area contributed by atoms with E-state index < -0.39 is 0 Å². The van der Waals surface area contributed by atoms with Gasteiger partial charge in [-0.05, 0) is 44.6 Å². The maximum atomic E-state index is 4.90. The highest BCUT2D eigenvalue weighted by Gasteiger charge is 2.43. The summed E-state index contributed by atoms with van der Waals surface area (Å²) in [4.78, 5) is 4.90. The molecule has 6 nitrogen and oxygen atoms in total.